The number of nitrogens with zero attached hydrogens (tertiary/aromatic N) is 1. The van der Waals surface area contributed by atoms with Crippen LogP contribution in [0.25, 0.3) is 0 Å². The van der Waals surface area contributed by atoms with E-state index in [0.29, 0.717) is 23.8 Å². The van der Waals surface area contributed by atoms with Gasteiger partial charge in [-0.15, -0.1) is 0 Å². The molecule has 7 nitrogen and oxygen atoms in total. The summed E-state index contributed by atoms with van der Waals surface area (Å²) in [5.74, 6) is 1.32. The van der Waals surface area contributed by atoms with Crippen molar-refractivity contribution >= 4 is 21.5 Å². The zero-order valence-corrected chi connectivity index (χ0v) is 16.3. The van der Waals surface area contributed by atoms with Crippen LogP contribution in [0.2, 0.25) is 0 Å². The SMILES string of the molecule is CC(C)Oc1ccc(S(=O)(=O)Nc2ccc(NCC3CCCO3)nc2)cc1. The van der Waals surface area contributed by atoms with Gasteiger partial charge in [-0.2, -0.15) is 0 Å². The largest absolute Gasteiger partial charge is 0.491 e. The van der Waals surface area contributed by atoms with E-state index in [4.69, 9.17) is 9.47 Å². The van der Waals surface area contributed by atoms with Gasteiger partial charge >= 0.3 is 0 Å². The van der Waals surface area contributed by atoms with Crippen LogP contribution in [0.5, 0.6) is 5.75 Å². The molecule has 0 radical (unpaired) electrons. The second kappa shape index (κ2) is 8.58. The maximum absolute atomic E-state index is 12.5. The molecule has 27 heavy (non-hydrogen) atoms. The molecule has 0 aliphatic carbocycles. The van der Waals surface area contributed by atoms with Crippen LogP contribution in [-0.4, -0.2) is 38.8 Å². The third kappa shape index (κ3) is 5.58. The van der Waals surface area contributed by atoms with Gasteiger partial charge in [-0.25, -0.2) is 13.4 Å². The number of rotatable bonds is 8. The van der Waals surface area contributed by atoms with Crippen LogP contribution in [0.4, 0.5) is 11.5 Å². The number of hydrogen-bond donors (Lipinski definition) is 2. The summed E-state index contributed by atoms with van der Waals surface area (Å²) in [4.78, 5) is 4.42. The number of ether oxygens (including phenoxy) is 2. The van der Waals surface area contributed by atoms with E-state index in [0.717, 1.165) is 19.4 Å². The van der Waals surface area contributed by atoms with Crippen molar-refractivity contribution in [2.24, 2.45) is 0 Å². The Morgan fingerprint density at radius 2 is 2.00 bits per heavy atom. The van der Waals surface area contributed by atoms with E-state index < -0.39 is 10.0 Å². The van der Waals surface area contributed by atoms with Crippen molar-refractivity contribution < 1.29 is 17.9 Å². The monoisotopic (exact) mass is 391 g/mol. The third-order valence-electron chi connectivity index (χ3n) is 4.06. The van der Waals surface area contributed by atoms with E-state index >= 15 is 0 Å². The van der Waals surface area contributed by atoms with Gasteiger partial charge in [-0.3, -0.25) is 4.72 Å². The Morgan fingerprint density at radius 1 is 1.22 bits per heavy atom. The molecular formula is C19H25N3O4S. The van der Waals surface area contributed by atoms with Gasteiger partial charge in [0.25, 0.3) is 10.0 Å². The van der Waals surface area contributed by atoms with E-state index in [9.17, 15) is 8.42 Å². The summed E-state index contributed by atoms with van der Waals surface area (Å²) in [6.07, 6.45) is 3.87. The molecule has 1 aliphatic rings. The zero-order chi connectivity index (χ0) is 19.3. The number of pyridine rings is 1. The van der Waals surface area contributed by atoms with Crippen molar-refractivity contribution in [1.29, 1.82) is 0 Å². The van der Waals surface area contributed by atoms with E-state index in [2.05, 4.69) is 15.0 Å². The summed E-state index contributed by atoms with van der Waals surface area (Å²) in [7, 11) is -3.68. The maximum Gasteiger partial charge on any atom is 0.261 e. The smallest absolute Gasteiger partial charge is 0.261 e. The first-order valence-electron chi connectivity index (χ1n) is 9.03. The van der Waals surface area contributed by atoms with E-state index in [1.165, 1.54) is 18.3 Å². The summed E-state index contributed by atoms with van der Waals surface area (Å²) in [5, 5.41) is 3.20. The Hall–Kier alpha value is -2.32. The minimum Gasteiger partial charge on any atom is -0.491 e. The molecule has 2 aromatic rings. The fourth-order valence-electron chi connectivity index (χ4n) is 2.77. The highest BCUT2D eigenvalue weighted by Gasteiger charge is 2.16. The normalized spacial score (nSPS) is 17.1. The Bertz CT molecular complexity index is 830. The van der Waals surface area contributed by atoms with Crippen LogP contribution in [-0.2, 0) is 14.8 Å². The Balaban J connectivity index is 1.59. The summed E-state index contributed by atoms with van der Waals surface area (Å²) < 4.78 is 38.6. The standard InChI is InChI=1S/C19H25N3O4S/c1-14(2)26-16-6-8-18(9-7-16)27(23,24)22-15-5-10-19(20-12-15)21-13-17-4-3-11-25-17/h5-10,12,14,17,22H,3-4,11,13H2,1-2H3,(H,20,21). The van der Waals surface area contributed by atoms with Crippen LogP contribution in [0.1, 0.15) is 26.7 Å². The molecule has 2 N–H and O–H groups in total. The quantitative estimate of drug-likeness (QED) is 0.718. The first-order chi connectivity index (χ1) is 12.9. The topological polar surface area (TPSA) is 89.6 Å². The van der Waals surface area contributed by atoms with Crippen LogP contribution >= 0.6 is 0 Å². The Morgan fingerprint density at radius 3 is 2.59 bits per heavy atom. The van der Waals surface area contributed by atoms with Gasteiger partial charge in [-0.05, 0) is 63.1 Å². The minimum absolute atomic E-state index is 0.0315. The summed E-state index contributed by atoms with van der Waals surface area (Å²) >= 11 is 0. The molecule has 0 bridgehead atoms. The number of nitrogens with one attached hydrogen (secondary N) is 2. The molecule has 1 unspecified atom stereocenters. The summed E-state index contributed by atoms with van der Waals surface area (Å²) in [6, 6.07) is 9.75. The van der Waals surface area contributed by atoms with Gasteiger partial charge in [0.1, 0.15) is 11.6 Å². The van der Waals surface area contributed by atoms with Crippen molar-refractivity contribution in [3.05, 3.63) is 42.6 Å². The predicted molar refractivity (Wildman–Crippen MR) is 105 cm³/mol. The van der Waals surface area contributed by atoms with E-state index in [-0.39, 0.29) is 17.1 Å². The van der Waals surface area contributed by atoms with Gasteiger partial charge < -0.3 is 14.8 Å². The molecular weight excluding hydrogens is 366 g/mol. The van der Waals surface area contributed by atoms with Crippen LogP contribution < -0.4 is 14.8 Å². The van der Waals surface area contributed by atoms with Gasteiger partial charge in [0, 0.05) is 13.2 Å². The molecule has 0 amide bonds. The Labute approximate surface area is 160 Å². The second-order valence-electron chi connectivity index (χ2n) is 6.69. The van der Waals surface area contributed by atoms with Crippen molar-refractivity contribution in [3.8, 4) is 5.75 Å². The second-order valence-corrected chi connectivity index (χ2v) is 8.37. The molecule has 146 valence electrons. The average Bonchev–Trinajstić information content (AvgIpc) is 3.14. The van der Waals surface area contributed by atoms with E-state index in [1.54, 1.807) is 24.3 Å². The molecule has 1 aromatic heterocycles. The molecule has 2 heterocycles. The van der Waals surface area contributed by atoms with Crippen LogP contribution in [0, 0.1) is 0 Å². The maximum atomic E-state index is 12.5. The lowest BCUT2D eigenvalue weighted by atomic mass is 10.2. The number of benzene rings is 1. The fraction of sp³-hybridized carbons (Fsp3) is 0.421. The van der Waals surface area contributed by atoms with Crippen molar-refractivity contribution in [2.75, 3.05) is 23.2 Å². The summed E-state index contributed by atoms with van der Waals surface area (Å²) in [6.45, 7) is 5.34. The zero-order valence-electron chi connectivity index (χ0n) is 15.5. The first kappa shape index (κ1) is 19.4. The molecule has 1 aliphatic heterocycles. The molecule has 1 atom stereocenters. The number of hydrogen-bond acceptors (Lipinski definition) is 6. The van der Waals surface area contributed by atoms with Crippen molar-refractivity contribution in [1.82, 2.24) is 4.98 Å². The first-order valence-corrected chi connectivity index (χ1v) is 10.5. The molecule has 0 saturated carbocycles. The highest BCUT2D eigenvalue weighted by Crippen LogP contribution is 2.20. The van der Waals surface area contributed by atoms with Gasteiger partial charge in [0.15, 0.2) is 0 Å². The molecule has 1 aromatic carbocycles. The van der Waals surface area contributed by atoms with Gasteiger partial charge in [0.05, 0.1) is 29.0 Å². The highest BCUT2D eigenvalue weighted by atomic mass is 32.2. The number of anilines is 2. The van der Waals surface area contributed by atoms with Gasteiger partial charge in [-0.1, -0.05) is 0 Å². The Kier molecular flexibility index (Phi) is 6.18. The highest BCUT2D eigenvalue weighted by molar-refractivity contribution is 7.92. The minimum atomic E-state index is -3.68. The average molecular weight is 391 g/mol. The molecule has 1 fully saturated rings. The molecule has 1 saturated heterocycles. The fourth-order valence-corrected chi connectivity index (χ4v) is 3.81. The van der Waals surface area contributed by atoms with Crippen molar-refractivity contribution in [3.63, 3.8) is 0 Å². The van der Waals surface area contributed by atoms with Gasteiger partial charge in [0.2, 0.25) is 0 Å². The number of sulfonamides is 1. The molecule has 8 heteroatoms. The van der Waals surface area contributed by atoms with Crippen LogP contribution in [0.3, 0.4) is 0 Å². The lowest BCUT2D eigenvalue weighted by Gasteiger charge is -2.13. The lowest BCUT2D eigenvalue weighted by molar-refractivity contribution is 0.120. The van der Waals surface area contributed by atoms with Crippen molar-refractivity contribution in [2.45, 2.75) is 43.8 Å². The number of aromatic nitrogens is 1. The van der Waals surface area contributed by atoms with E-state index in [1.807, 2.05) is 13.8 Å². The predicted octanol–water partition coefficient (Wildman–Crippen LogP) is 3.26. The molecule has 0 spiro atoms. The summed E-state index contributed by atoms with van der Waals surface area (Å²) in [5.41, 5.74) is 0.403. The molecule has 3 rings (SSSR count). The lowest BCUT2D eigenvalue weighted by Crippen LogP contribution is -2.19. The van der Waals surface area contributed by atoms with Crippen LogP contribution in [0.15, 0.2) is 47.5 Å². The third-order valence-corrected chi connectivity index (χ3v) is 5.45.